The smallest absolute Gasteiger partial charge is 0.335 e. The maximum atomic E-state index is 13.9. The van der Waals surface area contributed by atoms with Crippen LogP contribution < -0.4 is 10.2 Å². The van der Waals surface area contributed by atoms with Gasteiger partial charge >= 0.3 is 6.03 Å². The summed E-state index contributed by atoms with van der Waals surface area (Å²) < 4.78 is 19.5. The van der Waals surface area contributed by atoms with Crippen molar-refractivity contribution in [1.29, 1.82) is 0 Å². The highest BCUT2D eigenvalue weighted by atomic mass is 19.1. The van der Waals surface area contributed by atoms with Gasteiger partial charge in [-0.1, -0.05) is 30.3 Å². The Hall–Kier alpha value is -4.00. The first-order valence-electron chi connectivity index (χ1n) is 8.36. The summed E-state index contributed by atoms with van der Waals surface area (Å²) in [6.07, 6.45) is 1.23. The van der Waals surface area contributed by atoms with E-state index in [4.69, 9.17) is 4.42 Å². The van der Waals surface area contributed by atoms with Gasteiger partial charge in [0.2, 0.25) is 0 Å². The Morgan fingerprint density at radius 3 is 2.36 bits per heavy atom. The number of anilines is 1. The van der Waals surface area contributed by atoms with E-state index in [0.29, 0.717) is 5.69 Å². The first kappa shape index (κ1) is 17.4. The molecule has 1 N–H and O–H groups in total. The third kappa shape index (κ3) is 3.09. The van der Waals surface area contributed by atoms with Gasteiger partial charge in [0.1, 0.15) is 22.9 Å². The van der Waals surface area contributed by atoms with Gasteiger partial charge in [0.05, 0.1) is 11.3 Å². The van der Waals surface area contributed by atoms with Gasteiger partial charge in [-0.05, 0) is 42.5 Å². The Morgan fingerprint density at radius 2 is 1.61 bits per heavy atom. The molecule has 1 fully saturated rings. The number of para-hydroxylation sites is 1. The summed E-state index contributed by atoms with van der Waals surface area (Å²) in [5.74, 6) is -1.62. The quantitative estimate of drug-likeness (QED) is 0.558. The summed E-state index contributed by atoms with van der Waals surface area (Å²) in [4.78, 5) is 37.9. The minimum Gasteiger partial charge on any atom is -0.457 e. The maximum absolute atomic E-state index is 13.9. The number of carbonyl (C=O) groups excluding carboxylic acids is 3. The maximum Gasteiger partial charge on any atom is 0.335 e. The van der Waals surface area contributed by atoms with Gasteiger partial charge in [0.25, 0.3) is 11.8 Å². The lowest BCUT2D eigenvalue weighted by atomic mass is 10.1. The summed E-state index contributed by atoms with van der Waals surface area (Å²) in [6.45, 7) is 0. The molecule has 3 aromatic rings. The van der Waals surface area contributed by atoms with E-state index in [2.05, 4.69) is 5.32 Å². The number of halogens is 1. The van der Waals surface area contributed by atoms with Crippen LogP contribution in [0, 0.1) is 5.82 Å². The fraction of sp³-hybridized carbons (Fsp3) is 0. The number of furan rings is 1. The minimum atomic E-state index is -0.829. The molecule has 4 rings (SSSR count). The highest BCUT2D eigenvalue weighted by molar-refractivity contribution is 6.39. The van der Waals surface area contributed by atoms with Crippen molar-refractivity contribution >= 4 is 29.6 Å². The van der Waals surface area contributed by atoms with Gasteiger partial charge in [-0.3, -0.25) is 14.9 Å². The first-order chi connectivity index (χ1) is 13.5. The van der Waals surface area contributed by atoms with Gasteiger partial charge in [0, 0.05) is 0 Å². The van der Waals surface area contributed by atoms with Crippen molar-refractivity contribution in [3.63, 3.8) is 0 Å². The standard InChI is InChI=1S/C21H13FN2O4/c22-17-9-5-4-8-15(17)18-11-10-14(28-18)12-16-19(25)23-21(27)24(20(16)26)13-6-2-1-3-7-13/h1-12H,(H,23,25,27)/b16-12+. The molecule has 1 aliphatic heterocycles. The number of urea groups is 1. The number of imide groups is 2. The molecule has 0 aliphatic carbocycles. The number of hydrogen-bond donors (Lipinski definition) is 1. The molecule has 6 nitrogen and oxygen atoms in total. The number of amides is 4. The lowest BCUT2D eigenvalue weighted by Gasteiger charge is -2.26. The van der Waals surface area contributed by atoms with E-state index < -0.39 is 23.7 Å². The summed E-state index contributed by atoms with van der Waals surface area (Å²) in [5.41, 5.74) is 0.320. The van der Waals surface area contributed by atoms with Crippen LogP contribution in [0.3, 0.4) is 0 Å². The topological polar surface area (TPSA) is 79.6 Å². The number of benzene rings is 2. The van der Waals surface area contributed by atoms with Crippen LogP contribution in [0.15, 0.2) is 76.7 Å². The molecule has 28 heavy (non-hydrogen) atoms. The average Bonchev–Trinajstić information content (AvgIpc) is 3.15. The highest BCUT2D eigenvalue weighted by Gasteiger charge is 2.36. The van der Waals surface area contributed by atoms with Crippen LogP contribution in [0.2, 0.25) is 0 Å². The Bertz CT molecular complexity index is 1120. The summed E-state index contributed by atoms with van der Waals surface area (Å²) in [6, 6.07) is 16.5. The zero-order chi connectivity index (χ0) is 19.7. The number of nitrogens with zero attached hydrogens (tertiary/aromatic N) is 1. The molecule has 4 amide bonds. The second-order valence-electron chi connectivity index (χ2n) is 5.98. The van der Waals surface area contributed by atoms with Crippen molar-refractivity contribution in [1.82, 2.24) is 5.32 Å². The number of nitrogens with one attached hydrogen (secondary N) is 1. The Morgan fingerprint density at radius 1 is 0.893 bits per heavy atom. The average molecular weight is 376 g/mol. The molecule has 0 spiro atoms. The van der Waals surface area contributed by atoms with Crippen LogP contribution in [0.5, 0.6) is 0 Å². The van der Waals surface area contributed by atoms with Crippen LogP contribution >= 0.6 is 0 Å². The molecule has 0 saturated carbocycles. The van der Waals surface area contributed by atoms with Crippen molar-refractivity contribution in [2.45, 2.75) is 0 Å². The molecule has 1 aliphatic rings. The number of carbonyl (C=O) groups is 3. The largest absolute Gasteiger partial charge is 0.457 e. The van der Waals surface area contributed by atoms with E-state index in [1.807, 2.05) is 0 Å². The SMILES string of the molecule is O=C1NC(=O)N(c2ccccc2)C(=O)/C1=C/c1ccc(-c2ccccc2F)o1. The summed E-state index contributed by atoms with van der Waals surface area (Å²) >= 11 is 0. The van der Waals surface area contributed by atoms with E-state index in [1.165, 1.54) is 24.3 Å². The molecule has 2 heterocycles. The van der Waals surface area contributed by atoms with Crippen molar-refractivity contribution in [2.75, 3.05) is 4.90 Å². The van der Waals surface area contributed by atoms with Crippen molar-refractivity contribution < 1.29 is 23.2 Å². The highest BCUT2D eigenvalue weighted by Crippen LogP contribution is 2.27. The Balaban J connectivity index is 1.69. The normalized spacial score (nSPS) is 15.8. The van der Waals surface area contributed by atoms with Gasteiger partial charge in [-0.25, -0.2) is 14.1 Å². The van der Waals surface area contributed by atoms with Gasteiger partial charge in [0.15, 0.2) is 0 Å². The van der Waals surface area contributed by atoms with Gasteiger partial charge < -0.3 is 4.42 Å². The third-order valence-corrected chi connectivity index (χ3v) is 4.17. The zero-order valence-electron chi connectivity index (χ0n) is 14.4. The predicted molar refractivity (Wildman–Crippen MR) is 99.5 cm³/mol. The van der Waals surface area contributed by atoms with Crippen molar-refractivity contribution in [2.24, 2.45) is 0 Å². The molecule has 0 radical (unpaired) electrons. The van der Waals surface area contributed by atoms with Crippen LogP contribution in [-0.2, 0) is 9.59 Å². The lowest BCUT2D eigenvalue weighted by molar-refractivity contribution is -0.122. The third-order valence-electron chi connectivity index (χ3n) is 4.17. The second kappa shape index (κ2) is 6.96. The molecule has 0 unspecified atom stereocenters. The van der Waals surface area contributed by atoms with Crippen LogP contribution in [0.4, 0.5) is 14.9 Å². The van der Waals surface area contributed by atoms with E-state index in [0.717, 1.165) is 4.90 Å². The molecular weight excluding hydrogens is 363 g/mol. The second-order valence-corrected chi connectivity index (χ2v) is 5.98. The van der Waals surface area contributed by atoms with Crippen molar-refractivity contribution in [3.05, 3.63) is 83.9 Å². The van der Waals surface area contributed by atoms with E-state index in [9.17, 15) is 18.8 Å². The van der Waals surface area contributed by atoms with Gasteiger partial charge in [-0.15, -0.1) is 0 Å². The van der Waals surface area contributed by atoms with Crippen LogP contribution in [0.1, 0.15) is 5.76 Å². The first-order valence-corrected chi connectivity index (χ1v) is 8.36. The zero-order valence-corrected chi connectivity index (χ0v) is 14.4. The molecule has 138 valence electrons. The molecule has 7 heteroatoms. The molecule has 1 saturated heterocycles. The minimum absolute atomic E-state index is 0.180. The number of hydrogen-bond acceptors (Lipinski definition) is 4. The number of barbiturate groups is 1. The summed E-state index contributed by atoms with van der Waals surface area (Å²) in [5, 5.41) is 2.13. The molecule has 0 atom stereocenters. The van der Waals surface area contributed by atoms with E-state index in [-0.39, 0.29) is 22.7 Å². The molecule has 1 aromatic heterocycles. The lowest BCUT2D eigenvalue weighted by Crippen LogP contribution is -2.54. The van der Waals surface area contributed by atoms with Crippen molar-refractivity contribution in [3.8, 4) is 11.3 Å². The molecule has 0 bridgehead atoms. The fourth-order valence-electron chi connectivity index (χ4n) is 2.85. The number of rotatable bonds is 3. The van der Waals surface area contributed by atoms with Gasteiger partial charge in [-0.2, -0.15) is 0 Å². The predicted octanol–water partition coefficient (Wildman–Crippen LogP) is 3.75. The Labute approximate surface area is 158 Å². The molecule has 2 aromatic carbocycles. The van der Waals surface area contributed by atoms with E-state index >= 15 is 0 Å². The monoisotopic (exact) mass is 376 g/mol. The Kier molecular flexibility index (Phi) is 4.33. The van der Waals surface area contributed by atoms with Crippen LogP contribution in [-0.4, -0.2) is 17.8 Å². The molecular formula is C21H13FN2O4. The van der Waals surface area contributed by atoms with Crippen LogP contribution in [0.25, 0.3) is 17.4 Å². The summed E-state index contributed by atoms with van der Waals surface area (Å²) in [7, 11) is 0. The fourth-order valence-corrected chi connectivity index (χ4v) is 2.85. The van der Waals surface area contributed by atoms with E-state index in [1.54, 1.807) is 48.5 Å².